The van der Waals surface area contributed by atoms with Crippen molar-refractivity contribution in [3.8, 4) is 0 Å². The van der Waals surface area contributed by atoms with Gasteiger partial charge in [0, 0.05) is 23.8 Å². The van der Waals surface area contributed by atoms with Gasteiger partial charge in [0.1, 0.15) is 0 Å². The highest BCUT2D eigenvalue weighted by atomic mass is 16.1. The Hall–Kier alpha value is -2.16. The molecule has 0 fully saturated rings. The van der Waals surface area contributed by atoms with Crippen LogP contribution in [0.3, 0.4) is 0 Å². The predicted molar refractivity (Wildman–Crippen MR) is 59.0 cm³/mol. The summed E-state index contributed by atoms with van der Waals surface area (Å²) >= 11 is 0. The fraction of sp³-hybridized carbons (Fsp3) is 0. The molecule has 0 amide bonds. The number of pyridine rings is 1. The zero-order valence-corrected chi connectivity index (χ0v) is 7.92. The molecule has 0 aliphatic rings. The average molecular weight is 196 g/mol. The van der Waals surface area contributed by atoms with Crippen LogP contribution in [-0.2, 0) is 0 Å². The Kier molecular flexibility index (Phi) is 1.59. The molecule has 0 aliphatic heterocycles. The summed E-state index contributed by atoms with van der Waals surface area (Å²) in [5.74, 6) is 0. The zero-order valence-electron chi connectivity index (χ0n) is 7.92. The number of nitrogens with zero attached hydrogens (tertiary/aromatic N) is 2. The van der Waals surface area contributed by atoms with Gasteiger partial charge in [0.05, 0.1) is 11.0 Å². The molecule has 3 heteroatoms. The van der Waals surface area contributed by atoms with E-state index in [1.807, 2.05) is 24.3 Å². The van der Waals surface area contributed by atoms with Gasteiger partial charge in [0.15, 0.2) is 0 Å². The van der Waals surface area contributed by atoms with E-state index in [0.717, 1.165) is 16.4 Å². The van der Waals surface area contributed by atoms with Gasteiger partial charge in [-0.15, -0.1) is 0 Å². The standard InChI is InChI=1S/C12H8N2O/c15-11-6-5-9-3-1-7-13-12(9)10-4-2-8-14(10)11/h1-8H. The van der Waals surface area contributed by atoms with Gasteiger partial charge in [0.25, 0.3) is 5.56 Å². The van der Waals surface area contributed by atoms with Gasteiger partial charge in [0.2, 0.25) is 0 Å². The van der Waals surface area contributed by atoms with Gasteiger partial charge in [-0.25, -0.2) is 0 Å². The summed E-state index contributed by atoms with van der Waals surface area (Å²) in [6.45, 7) is 0. The Labute approximate surface area is 85.6 Å². The Morgan fingerprint density at radius 2 is 2.00 bits per heavy atom. The SMILES string of the molecule is O=c1ccc2cccnc2c2cccn12. The Morgan fingerprint density at radius 3 is 2.93 bits per heavy atom. The molecule has 0 aliphatic carbocycles. The van der Waals surface area contributed by atoms with Crippen molar-refractivity contribution in [1.29, 1.82) is 0 Å². The van der Waals surface area contributed by atoms with Crippen LogP contribution in [0, 0.1) is 0 Å². The van der Waals surface area contributed by atoms with E-state index in [9.17, 15) is 4.79 Å². The van der Waals surface area contributed by atoms with Crippen molar-refractivity contribution in [2.75, 3.05) is 0 Å². The lowest BCUT2D eigenvalue weighted by atomic mass is 10.2. The van der Waals surface area contributed by atoms with E-state index in [1.54, 1.807) is 28.9 Å². The van der Waals surface area contributed by atoms with Gasteiger partial charge in [-0.05, 0) is 24.3 Å². The molecule has 3 nitrogen and oxygen atoms in total. The number of fused-ring (bicyclic) bond motifs is 3. The fourth-order valence-corrected chi connectivity index (χ4v) is 1.77. The number of hydrogen-bond donors (Lipinski definition) is 0. The molecule has 3 aromatic rings. The zero-order chi connectivity index (χ0) is 10.3. The summed E-state index contributed by atoms with van der Waals surface area (Å²) in [5, 5.41) is 0.975. The summed E-state index contributed by atoms with van der Waals surface area (Å²) in [4.78, 5) is 16.0. The molecule has 3 aromatic heterocycles. The minimum Gasteiger partial charge on any atom is -0.282 e. The summed E-state index contributed by atoms with van der Waals surface area (Å²) in [6.07, 6.45) is 3.49. The summed E-state index contributed by atoms with van der Waals surface area (Å²) in [6, 6.07) is 10.9. The number of rotatable bonds is 0. The van der Waals surface area contributed by atoms with Gasteiger partial charge in [-0.1, -0.05) is 6.07 Å². The van der Waals surface area contributed by atoms with E-state index >= 15 is 0 Å². The molecule has 3 rings (SSSR count). The quantitative estimate of drug-likeness (QED) is 0.550. The van der Waals surface area contributed by atoms with E-state index in [-0.39, 0.29) is 5.56 Å². The van der Waals surface area contributed by atoms with Crippen molar-refractivity contribution in [2.24, 2.45) is 0 Å². The van der Waals surface area contributed by atoms with Gasteiger partial charge in [-0.3, -0.25) is 14.2 Å². The lowest BCUT2D eigenvalue weighted by molar-refractivity contribution is 1.14. The lowest BCUT2D eigenvalue weighted by Gasteiger charge is -1.91. The first kappa shape index (κ1) is 8.17. The molecule has 15 heavy (non-hydrogen) atoms. The maximum absolute atomic E-state index is 11.7. The summed E-state index contributed by atoms with van der Waals surface area (Å²) in [5.41, 5.74) is 1.67. The highest BCUT2D eigenvalue weighted by molar-refractivity contribution is 5.91. The van der Waals surface area contributed by atoms with Crippen LogP contribution in [0.5, 0.6) is 0 Å². The van der Waals surface area contributed by atoms with E-state index < -0.39 is 0 Å². The third-order valence-electron chi connectivity index (χ3n) is 2.47. The highest BCUT2D eigenvalue weighted by Crippen LogP contribution is 2.14. The molecule has 0 atom stereocenters. The average Bonchev–Trinajstić information content (AvgIpc) is 2.71. The molecule has 0 saturated heterocycles. The Morgan fingerprint density at radius 1 is 1.07 bits per heavy atom. The topological polar surface area (TPSA) is 34.4 Å². The van der Waals surface area contributed by atoms with Crippen LogP contribution in [0.4, 0.5) is 0 Å². The van der Waals surface area contributed by atoms with Gasteiger partial charge in [-0.2, -0.15) is 0 Å². The van der Waals surface area contributed by atoms with Crippen molar-refractivity contribution >= 4 is 16.4 Å². The second kappa shape index (κ2) is 2.92. The molecule has 0 aromatic carbocycles. The van der Waals surface area contributed by atoms with E-state index in [4.69, 9.17) is 0 Å². The molecule has 0 radical (unpaired) electrons. The Balaban J connectivity index is 2.75. The van der Waals surface area contributed by atoms with Crippen LogP contribution in [0.15, 0.2) is 53.6 Å². The van der Waals surface area contributed by atoms with Crippen LogP contribution in [0.25, 0.3) is 16.4 Å². The largest absolute Gasteiger partial charge is 0.282 e. The highest BCUT2D eigenvalue weighted by Gasteiger charge is 2.00. The molecule has 0 bridgehead atoms. The van der Waals surface area contributed by atoms with Crippen molar-refractivity contribution in [2.45, 2.75) is 0 Å². The van der Waals surface area contributed by atoms with Crippen molar-refractivity contribution in [1.82, 2.24) is 9.38 Å². The first-order chi connectivity index (χ1) is 7.36. The van der Waals surface area contributed by atoms with E-state index in [0.29, 0.717) is 0 Å². The second-order valence-corrected chi connectivity index (χ2v) is 3.38. The minimum absolute atomic E-state index is 0.0343. The number of hydrogen-bond acceptors (Lipinski definition) is 2. The minimum atomic E-state index is -0.0343. The fourth-order valence-electron chi connectivity index (χ4n) is 1.77. The molecule has 0 saturated carbocycles. The molecule has 0 N–H and O–H groups in total. The lowest BCUT2D eigenvalue weighted by Crippen LogP contribution is -2.05. The van der Waals surface area contributed by atoms with Crippen LogP contribution in [0.2, 0.25) is 0 Å². The molecular weight excluding hydrogens is 188 g/mol. The van der Waals surface area contributed by atoms with E-state index in [1.165, 1.54) is 0 Å². The monoisotopic (exact) mass is 196 g/mol. The Bertz CT molecular complexity index is 700. The van der Waals surface area contributed by atoms with Crippen LogP contribution in [0.1, 0.15) is 0 Å². The smallest absolute Gasteiger partial charge is 0.255 e. The van der Waals surface area contributed by atoms with Crippen molar-refractivity contribution < 1.29 is 0 Å². The first-order valence-electron chi connectivity index (χ1n) is 4.71. The molecule has 3 heterocycles. The van der Waals surface area contributed by atoms with Crippen molar-refractivity contribution in [3.05, 3.63) is 59.1 Å². The first-order valence-corrected chi connectivity index (χ1v) is 4.71. The van der Waals surface area contributed by atoms with Crippen molar-refractivity contribution in [3.63, 3.8) is 0 Å². The maximum Gasteiger partial charge on any atom is 0.255 e. The van der Waals surface area contributed by atoms with Crippen LogP contribution >= 0.6 is 0 Å². The molecule has 0 spiro atoms. The molecule has 0 unspecified atom stereocenters. The van der Waals surface area contributed by atoms with Gasteiger partial charge < -0.3 is 0 Å². The van der Waals surface area contributed by atoms with Crippen LogP contribution in [-0.4, -0.2) is 9.38 Å². The maximum atomic E-state index is 11.7. The third-order valence-corrected chi connectivity index (χ3v) is 2.47. The normalized spacial score (nSPS) is 10.9. The summed E-state index contributed by atoms with van der Waals surface area (Å²) in [7, 11) is 0. The predicted octanol–water partition coefficient (Wildman–Crippen LogP) is 1.85. The van der Waals surface area contributed by atoms with E-state index in [2.05, 4.69) is 4.98 Å². The number of aromatic nitrogens is 2. The second-order valence-electron chi connectivity index (χ2n) is 3.38. The summed E-state index contributed by atoms with van der Waals surface area (Å²) < 4.78 is 1.61. The molecule has 72 valence electrons. The van der Waals surface area contributed by atoms with Crippen LogP contribution < -0.4 is 5.56 Å². The molecular formula is C12H8N2O. The van der Waals surface area contributed by atoms with Gasteiger partial charge >= 0.3 is 0 Å². The third kappa shape index (κ3) is 1.13.